The van der Waals surface area contributed by atoms with Crippen molar-refractivity contribution in [2.45, 2.75) is 0 Å². The number of nitrogens with zero attached hydrogens (tertiary/aromatic N) is 1. The Morgan fingerprint density at radius 1 is 1.80 bits per heavy atom. The minimum Gasteiger partial charge on any atom is -0.493 e. The Morgan fingerprint density at radius 3 is 3.00 bits per heavy atom. The highest BCUT2D eigenvalue weighted by molar-refractivity contribution is 5.33. The van der Waals surface area contributed by atoms with Crippen molar-refractivity contribution in [3.8, 4) is 0 Å². The summed E-state index contributed by atoms with van der Waals surface area (Å²) in [5.41, 5.74) is 0. The summed E-state index contributed by atoms with van der Waals surface area (Å²) in [5, 5.41) is 0. The molecule has 54 valence electrons. The highest BCUT2D eigenvalue weighted by atomic mass is 16.5. The zero-order chi connectivity index (χ0) is 7.82. The summed E-state index contributed by atoms with van der Waals surface area (Å²) in [4.78, 5) is 12.8. The molecule has 0 N–H and O–H groups in total. The van der Waals surface area contributed by atoms with Crippen LogP contribution in [0.25, 0.3) is 0 Å². The van der Waals surface area contributed by atoms with Crippen molar-refractivity contribution >= 4 is 6.08 Å². The van der Waals surface area contributed by atoms with Crippen molar-refractivity contribution < 1.29 is 9.53 Å². The molecule has 0 aliphatic heterocycles. The number of ether oxygens (including phenoxy) is 1. The van der Waals surface area contributed by atoms with Gasteiger partial charge in [0.25, 0.3) is 0 Å². The minimum atomic E-state index is 0.178. The molecule has 0 heterocycles. The van der Waals surface area contributed by atoms with Crippen molar-refractivity contribution in [3.63, 3.8) is 0 Å². The van der Waals surface area contributed by atoms with Gasteiger partial charge in [-0.3, -0.25) is 0 Å². The Hall–Kier alpha value is -1.34. The van der Waals surface area contributed by atoms with Crippen molar-refractivity contribution in [2.24, 2.45) is 4.99 Å². The van der Waals surface area contributed by atoms with Gasteiger partial charge < -0.3 is 4.74 Å². The maximum absolute atomic E-state index is 9.57. The van der Waals surface area contributed by atoms with Crippen LogP contribution in [0.1, 0.15) is 0 Å². The van der Waals surface area contributed by atoms with Gasteiger partial charge in [0.2, 0.25) is 6.08 Å². The van der Waals surface area contributed by atoms with E-state index in [0.29, 0.717) is 12.4 Å². The van der Waals surface area contributed by atoms with E-state index in [2.05, 4.69) is 18.2 Å². The zero-order valence-corrected chi connectivity index (χ0v) is 5.67. The van der Waals surface area contributed by atoms with Crippen molar-refractivity contribution in [1.29, 1.82) is 0 Å². The standard InChI is InChI=1S/C7H9NO2/c1-3-4-10-7(2)5-8-6-9/h3H,1-2,4-5H2. The first kappa shape index (κ1) is 8.66. The fraction of sp³-hybridized carbons (Fsp3) is 0.286. The van der Waals surface area contributed by atoms with Gasteiger partial charge in [-0.1, -0.05) is 19.2 Å². The van der Waals surface area contributed by atoms with Gasteiger partial charge in [0.1, 0.15) is 18.9 Å². The van der Waals surface area contributed by atoms with E-state index in [1.165, 1.54) is 6.08 Å². The number of rotatable bonds is 5. The van der Waals surface area contributed by atoms with Crippen molar-refractivity contribution in [3.05, 3.63) is 25.0 Å². The number of isocyanates is 1. The Bertz CT molecular complexity index is 168. The first-order valence-electron chi connectivity index (χ1n) is 2.76. The van der Waals surface area contributed by atoms with Crippen LogP contribution in [-0.2, 0) is 9.53 Å². The maximum Gasteiger partial charge on any atom is 0.235 e. The third kappa shape index (κ3) is 4.81. The minimum absolute atomic E-state index is 0.178. The molecule has 0 aromatic carbocycles. The van der Waals surface area contributed by atoms with Gasteiger partial charge in [0.15, 0.2) is 0 Å². The molecule has 10 heavy (non-hydrogen) atoms. The Balaban J connectivity index is 3.43. The molecule has 0 fully saturated rings. The second-order valence-electron chi connectivity index (χ2n) is 1.55. The molecular formula is C7H9NO2. The van der Waals surface area contributed by atoms with Crippen molar-refractivity contribution in [2.75, 3.05) is 13.2 Å². The van der Waals surface area contributed by atoms with Crippen LogP contribution in [0, 0.1) is 0 Å². The first-order valence-corrected chi connectivity index (χ1v) is 2.76. The lowest BCUT2D eigenvalue weighted by Crippen LogP contribution is -1.93. The van der Waals surface area contributed by atoms with Crippen LogP contribution < -0.4 is 0 Å². The third-order valence-corrected chi connectivity index (χ3v) is 0.725. The van der Waals surface area contributed by atoms with Gasteiger partial charge in [-0.05, 0) is 0 Å². The SMILES string of the molecule is C=CCOC(=C)CN=C=O. The number of carbonyl (C=O) groups excluding carboxylic acids is 1. The van der Waals surface area contributed by atoms with Crippen LogP contribution in [0.3, 0.4) is 0 Å². The molecule has 0 bridgehead atoms. The molecular weight excluding hydrogens is 130 g/mol. The number of hydrogen-bond donors (Lipinski definition) is 0. The molecule has 0 spiro atoms. The summed E-state index contributed by atoms with van der Waals surface area (Å²) in [6.07, 6.45) is 2.98. The Morgan fingerprint density at radius 2 is 2.50 bits per heavy atom. The van der Waals surface area contributed by atoms with E-state index in [1.807, 2.05) is 0 Å². The van der Waals surface area contributed by atoms with Crippen LogP contribution in [-0.4, -0.2) is 19.2 Å². The predicted octanol–water partition coefficient (Wildman–Crippen LogP) is 1.04. The Labute approximate surface area is 59.7 Å². The second-order valence-corrected chi connectivity index (χ2v) is 1.55. The molecule has 0 unspecified atom stereocenters. The molecule has 3 nitrogen and oxygen atoms in total. The third-order valence-electron chi connectivity index (χ3n) is 0.725. The lowest BCUT2D eigenvalue weighted by atomic mass is 10.5. The van der Waals surface area contributed by atoms with E-state index in [9.17, 15) is 4.79 Å². The number of aliphatic imine (C=N–C) groups is 1. The van der Waals surface area contributed by atoms with Gasteiger partial charge in [0.05, 0.1) is 0 Å². The zero-order valence-electron chi connectivity index (χ0n) is 5.67. The number of hydrogen-bond acceptors (Lipinski definition) is 3. The van der Waals surface area contributed by atoms with E-state index < -0.39 is 0 Å². The van der Waals surface area contributed by atoms with Crippen LogP contribution in [0.5, 0.6) is 0 Å². The second kappa shape index (κ2) is 5.79. The lowest BCUT2D eigenvalue weighted by Gasteiger charge is -2.00. The highest BCUT2D eigenvalue weighted by Crippen LogP contribution is 1.92. The van der Waals surface area contributed by atoms with E-state index in [-0.39, 0.29) is 6.54 Å². The summed E-state index contributed by atoms with van der Waals surface area (Å²) >= 11 is 0. The maximum atomic E-state index is 9.57. The van der Waals surface area contributed by atoms with Gasteiger partial charge in [0, 0.05) is 0 Å². The van der Waals surface area contributed by atoms with Crippen LogP contribution in [0.15, 0.2) is 30.0 Å². The fourth-order valence-corrected chi connectivity index (χ4v) is 0.343. The predicted molar refractivity (Wildman–Crippen MR) is 38.3 cm³/mol. The molecule has 0 aliphatic rings. The topological polar surface area (TPSA) is 38.7 Å². The van der Waals surface area contributed by atoms with Crippen molar-refractivity contribution in [1.82, 2.24) is 0 Å². The molecule has 0 saturated carbocycles. The summed E-state index contributed by atoms with van der Waals surface area (Å²) in [6, 6.07) is 0. The molecule has 0 saturated heterocycles. The molecule has 0 radical (unpaired) electrons. The van der Waals surface area contributed by atoms with Gasteiger partial charge in [-0.15, -0.1) is 0 Å². The van der Waals surface area contributed by atoms with E-state index >= 15 is 0 Å². The van der Waals surface area contributed by atoms with Crippen LogP contribution in [0.2, 0.25) is 0 Å². The lowest BCUT2D eigenvalue weighted by molar-refractivity contribution is 0.246. The summed E-state index contributed by atoms with van der Waals surface area (Å²) in [5.74, 6) is 0.447. The molecule has 0 atom stereocenters. The summed E-state index contributed by atoms with van der Waals surface area (Å²) in [7, 11) is 0. The van der Waals surface area contributed by atoms with Crippen LogP contribution >= 0.6 is 0 Å². The molecule has 0 rings (SSSR count). The average Bonchev–Trinajstić information content (AvgIpc) is 1.97. The summed E-state index contributed by atoms with van der Waals surface area (Å²) in [6.45, 7) is 7.50. The Kier molecular flexibility index (Phi) is 5.01. The molecule has 3 heteroatoms. The van der Waals surface area contributed by atoms with E-state index in [1.54, 1.807) is 6.08 Å². The normalized spacial score (nSPS) is 7.60. The van der Waals surface area contributed by atoms with Crippen LogP contribution in [0.4, 0.5) is 0 Å². The van der Waals surface area contributed by atoms with Gasteiger partial charge in [-0.25, -0.2) is 4.79 Å². The average molecular weight is 139 g/mol. The van der Waals surface area contributed by atoms with E-state index in [4.69, 9.17) is 4.74 Å². The largest absolute Gasteiger partial charge is 0.493 e. The fourth-order valence-electron chi connectivity index (χ4n) is 0.343. The molecule has 0 amide bonds. The van der Waals surface area contributed by atoms with Gasteiger partial charge >= 0.3 is 0 Å². The van der Waals surface area contributed by atoms with E-state index in [0.717, 1.165) is 0 Å². The van der Waals surface area contributed by atoms with Gasteiger partial charge in [-0.2, -0.15) is 4.99 Å². The molecule has 0 aromatic rings. The smallest absolute Gasteiger partial charge is 0.235 e. The first-order chi connectivity index (χ1) is 4.81. The monoisotopic (exact) mass is 139 g/mol. The quantitative estimate of drug-likeness (QED) is 0.247. The summed E-state index contributed by atoms with van der Waals surface area (Å²) < 4.78 is 4.91. The molecule has 0 aliphatic carbocycles. The molecule has 0 aromatic heterocycles. The highest BCUT2D eigenvalue weighted by Gasteiger charge is 1.88.